The number of carbonyl (C=O) groups excluding carboxylic acids is 1. The van der Waals surface area contributed by atoms with E-state index in [1.54, 1.807) is 12.1 Å². The summed E-state index contributed by atoms with van der Waals surface area (Å²) in [6.07, 6.45) is 7.83. The van der Waals surface area contributed by atoms with E-state index in [1.165, 1.54) is 12.1 Å². The van der Waals surface area contributed by atoms with Crippen LogP contribution in [0, 0.1) is 0 Å². The van der Waals surface area contributed by atoms with Crippen LogP contribution >= 0.6 is 23.2 Å². The molecule has 0 saturated heterocycles. The van der Waals surface area contributed by atoms with Crippen molar-refractivity contribution < 1.29 is 9.90 Å². The van der Waals surface area contributed by atoms with E-state index in [0.29, 0.717) is 17.0 Å². The highest BCUT2D eigenvalue weighted by Crippen LogP contribution is 2.31. The molecule has 1 rings (SSSR count). The summed E-state index contributed by atoms with van der Waals surface area (Å²) in [6, 6.07) is 3.03. The molecule has 0 radical (unpaired) electrons. The Morgan fingerprint density at radius 3 is 2.68 bits per heavy atom. The van der Waals surface area contributed by atoms with E-state index in [2.05, 4.69) is 6.92 Å². The highest BCUT2D eigenvalue weighted by molar-refractivity contribution is 6.35. The van der Waals surface area contributed by atoms with Crippen molar-refractivity contribution in [3.05, 3.63) is 33.8 Å². The van der Waals surface area contributed by atoms with Crippen molar-refractivity contribution in [1.82, 2.24) is 0 Å². The van der Waals surface area contributed by atoms with E-state index in [0.717, 1.165) is 25.7 Å². The predicted octanol–water partition coefficient (Wildman–Crippen LogP) is 5.25. The average Bonchev–Trinajstić information content (AvgIpc) is 2.37. The van der Waals surface area contributed by atoms with Gasteiger partial charge in [-0.3, -0.25) is 4.79 Å². The lowest BCUT2D eigenvalue weighted by molar-refractivity contribution is -0.114. The highest BCUT2D eigenvalue weighted by Gasteiger charge is 2.05. The monoisotopic (exact) mass is 300 g/mol. The molecule has 1 aromatic carbocycles. The molecule has 0 saturated carbocycles. The molecule has 104 valence electrons. The van der Waals surface area contributed by atoms with E-state index in [-0.39, 0.29) is 16.6 Å². The topological polar surface area (TPSA) is 37.3 Å². The molecule has 0 bridgehead atoms. The SMILES string of the molecule is CCCCCCC(=O)/C=C\c1cc(Cl)cc(Cl)c1O. The molecule has 0 unspecified atom stereocenters. The third-order valence-electron chi connectivity index (χ3n) is 2.78. The van der Waals surface area contributed by atoms with Crippen molar-refractivity contribution >= 4 is 35.1 Å². The van der Waals surface area contributed by atoms with Crippen molar-refractivity contribution in [2.45, 2.75) is 39.0 Å². The Morgan fingerprint density at radius 2 is 2.00 bits per heavy atom. The number of benzene rings is 1. The number of hydrogen-bond acceptors (Lipinski definition) is 2. The van der Waals surface area contributed by atoms with Gasteiger partial charge in [0.2, 0.25) is 0 Å². The van der Waals surface area contributed by atoms with Gasteiger partial charge in [0.05, 0.1) is 5.02 Å². The summed E-state index contributed by atoms with van der Waals surface area (Å²) in [4.78, 5) is 11.6. The molecule has 0 aliphatic rings. The Morgan fingerprint density at radius 1 is 1.26 bits per heavy atom. The normalized spacial score (nSPS) is 11.1. The molecule has 0 spiro atoms. The summed E-state index contributed by atoms with van der Waals surface area (Å²) in [6.45, 7) is 2.13. The van der Waals surface area contributed by atoms with E-state index in [4.69, 9.17) is 23.2 Å². The molecular formula is C15H18Cl2O2. The lowest BCUT2D eigenvalue weighted by atomic mass is 10.1. The molecule has 4 heteroatoms. The van der Waals surface area contributed by atoms with Gasteiger partial charge in [-0.15, -0.1) is 0 Å². The summed E-state index contributed by atoms with van der Waals surface area (Å²) in [7, 11) is 0. The first kappa shape index (κ1) is 16.1. The van der Waals surface area contributed by atoms with Gasteiger partial charge in [0.25, 0.3) is 0 Å². The number of phenols is 1. The molecular weight excluding hydrogens is 283 g/mol. The minimum Gasteiger partial charge on any atom is -0.506 e. The summed E-state index contributed by atoms with van der Waals surface area (Å²) in [5.74, 6) is -0.00676. The smallest absolute Gasteiger partial charge is 0.155 e. The van der Waals surface area contributed by atoms with Crippen LogP contribution < -0.4 is 0 Å². The first-order valence-electron chi connectivity index (χ1n) is 6.43. The fraction of sp³-hybridized carbons (Fsp3) is 0.400. The molecule has 1 aromatic rings. The lowest BCUT2D eigenvalue weighted by Crippen LogP contribution is -1.92. The molecule has 19 heavy (non-hydrogen) atoms. The minimum atomic E-state index is -0.0545. The van der Waals surface area contributed by atoms with Crippen LogP contribution in [0.1, 0.15) is 44.6 Å². The van der Waals surface area contributed by atoms with Crippen molar-refractivity contribution in [3.8, 4) is 5.75 Å². The standard InChI is InChI=1S/C15H18Cl2O2/c1-2-3-4-5-6-13(18)8-7-11-9-12(16)10-14(17)15(11)19/h7-10,19H,2-6H2,1H3/b8-7-. The Balaban J connectivity index is 2.59. The maximum Gasteiger partial charge on any atom is 0.155 e. The van der Waals surface area contributed by atoms with Crippen molar-refractivity contribution in [2.75, 3.05) is 0 Å². The van der Waals surface area contributed by atoms with Crippen LogP contribution in [0.15, 0.2) is 18.2 Å². The maximum absolute atomic E-state index is 11.6. The summed E-state index contributed by atoms with van der Waals surface area (Å²) >= 11 is 11.6. The summed E-state index contributed by atoms with van der Waals surface area (Å²) < 4.78 is 0. The predicted molar refractivity (Wildman–Crippen MR) is 80.9 cm³/mol. The zero-order valence-electron chi connectivity index (χ0n) is 11.0. The van der Waals surface area contributed by atoms with Gasteiger partial charge in [-0.1, -0.05) is 49.4 Å². The number of ketones is 1. The number of rotatable bonds is 7. The van der Waals surface area contributed by atoms with Gasteiger partial charge in [-0.2, -0.15) is 0 Å². The number of carbonyl (C=O) groups is 1. The van der Waals surface area contributed by atoms with Gasteiger partial charge < -0.3 is 5.11 Å². The molecule has 0 aromatic heterocycles. The van der Waals surface area contributed by atoms with E-state index < -0.39 is 0 Å². The van der Waals surface area contributed by atoms with Crippen LogP contribution in [0.3, 0.4) is 0 Å². The number of hydrogen-bond donors (Lipinski definition) is 1. The number of unbranched alkanes of at least 4 members (excludes halogenated alkanes) is 3. The first-order valence-corrected chi connectivity index (χ1v) is 7.19. The van der Waals surface area contributed by atoms with Gasteiger partial charge in [0, 0.05) is 17.0 Å². The zero-order valence-corrected chi connectivity index (χ0v) is 12.5. The molecule has 0 heterocycles. The minimum absolute atomic E-state index is 0.0478. The maximum atomic E-state index is 11.6. The van der Waals surface area contributed by atoms with Crippen LogP contribution in [0.5, 0.6) is 5.75 Å². The Hall–Kier alpha value is -0.990. The number of halogens is 2. The molecule has 0 amide bonds. The third kappa shape index (κ3) is 5.66. The Labute approximate surface area is 124 Å². The highest BCUT2D eigenvalue weighted by atomic mass is 35.5. The van der Waals surface area contributed by atoms with Crippen molar-refractivity contribution in [2.24, 2.45) is 0 Å². The second kappa shape index (κ2) is 8.23. The summed E-state index contributed by atoms with van der Waals surface area (Å²) in [5.41, 5.74) is 0.458. The van der Waals surface area contributed by atoms with Crippen LogP contribution in [0.2, 0.25) is 10.0 Å². The first-order chi connectivity index (χ1) is 9.04. The fourth-order valence-corrected chi connectivity index (χ4v) is 2.21. The Kier molecular flexibility index (Phi) is 6.96. The van der Waals surface area contributed by atoms with Gasteiger partial charge >= 0.3 is 0 Å². The number of aromatic hydroxyl groups is 1. The van der Waals surface area contributed by atoms with E-state index in [1.807, 2.05) is 0 Å². The van der Waals surface area contributed by atoms with Crippen LogP contribution in [0.4, 0.5) is 0 Å². The summed E-state index contributed by atoms with van der Waals surface area (Å²) in [5, 5.41) is 10.3. The zero-order chi connectivity index (χ0) is 14.3. The molecule has 0 aliphatic carbocycles. The van der Waals surface area contributed by atoms with E-state index in [9.17, 15) is 9.90 Å². The second-order valence-corrected chi connectivity index (χ2v) is 5.28. The van der Waals surface area contributed by atoms with Gasteiger partial charge in [-0.25, -0.2) is 0 Å². The van der Waals surface area contributed by atoms with Crippen LogP contribution in [-0.4, -0.2) is 10.9 Å². The molecule has 0 fully saturated rings. The van der Waals surface area contributed by atoms with Gasteiger partial charge in [0.15, 0.2) is 5.78 Å². The molecule has 2 nitrogen and oxygen atoms in total. The second-order valence-electron chi connectivity index (χ2n) is 4.44. The Bertz CT molecular complexity index is 467. The average molecular weight is 301 g/mol. The van der Waals surface area contributed by atoms with Crippen LogP contribution in [0.25, 0.3) is 6.08 Å². The molecule has 1 N–H and O–H groups in total. The quantitative estimate of drug-likeness (QED) is 0.551. The van der Waals surface area contributed by atoms with Crippen LogP contribution in [-0.2, 0) is 4.79 Å². The lowest BCUT2D eigenvalue weighted by Gasteiger charge is -2.02. The van der Waals surface area contributed by atoms with Crippen molar-refractivity contribution in [1.29, 1.82) is 0 Å². The number of phenolic OH excluding ortho intramolecular Hbond substituents is 1. The van der Waals surface area contributed by atoms with Gasteiger partial charge in [-0.05, 0) is 30.7 Å². The van der Waals surface area contributed by atoms with E-state index >= 15 is 0 Å². The fourth-order valence-electron chi connectivity index (χ4n) is 1.71. The third-order valence-corrected chi connectivity index (χ3v) is 3.29. The van der Waals surface area contributed by atoms with Gasteiger partial charge in [0.1, 0.15) is 5.75 Å². The molecule has 0 aliphatic heterocycles. The number of allylic oxidation sites excluding steroid dienone is 1. The van der Waals surface area contributed by atoms with Crippen molar-refractivity contribution in [3.63, 3.8) is 0 Å². The molecule has 0 atom stereocenters. The largest absolute Gasteiger partial charge is 0.506 e.